The fourth-order valence-corrected chi connectivity index (χ4v) is 1.74. The number of hydrogen-bond acceptors (Lipinski definition) is 3. The first kappa shape index (κ1) is 9.89. The lowest BCUT2D eigenvalue weighted by molar-refractivity contribution is -0.145. The lowest BCUT2D eigenvalue weighted by atomic mass is 10.0. The highest BCUT2D eigenvalue weighted by Gasteiger charge is 2.62. The normalized spacial score (nSPS) is 25.1. The molecule has 1 aliphatic carbocycles. The lowest BCUT2D eigenvalue weighted by Crippen LogP contribution is -2.61. The zero-order valence-corrected chi connectivity index (χ0v) is 8.45. The lowest BCUT2D eigenvalue weighted by Gasteiger charge is -2.33. The minimum Gasteiger partial charge on any atom is -0.277 e. The number of barbiturate groups is 1. The van der Waals surface area contributed by atoms with Crippen molar-refractivity contribution in [2.24, 2.45) is 5.41 Å². The van der Waals surface area contributed by atoms with Crippen molar-refractivity contribution in [1.29, 1.82) is 0 Å². The average molecular weight is 208 g/mol. The third-order valence-corrected chi connectivity index (χ3v) is 3.00. The Labute approximate surface area is 87.1 Å². The van der Waals surface area contributed by atoms with Crippen LogP contribution >= 0.6 is 0 Å². The molecule has 0 aromatic carbocycles. The van der Waals surface area contributed by atoms with E-state index in [1.54, 1.807) is 6.92 Å². The van der Waals surface area contributed by atoms with E-state index < -0.39 is 17.4 Å². The summed E-state index contributed by atoms with van der Waals surface area (Å²) in [5, 5.41) is 2.21. The van der Waals surface area contributed by atoms with Gasteiger partial charge in [0.2, 0.25) is 11.8 Å². The first-order valence-corrected chi connectivity index (χ1v) is 4.84. The molecule has 0 aromatic heterocycles. The molecule has 2 aliphatic rings. The Morgan fingerprint density at radius 2 is 2.07 bits per heavy atom. The van der Waals surface area contributed by atoms with E-state index in [1.807, 2.05) is 0 Å². The molecule has 1 spiro atoms. The quantitative estimate of drug-likeness (QED) is 0.528. The van der Waals surface area contributed by atoms with Gasteiger partial charge in [-0.1, -0.05) is 6.08 Å². The molecule has 2 rings (SSSR count). The molecule has 1 saturated heterocycles. The molecule has 0 aromatic rings. The summed E-state index contributed by atoms with van der Waals surface area (Å²) in [5.74, 6) is -0.839. The van der Waals surface area contributed by atoms with Gasteiger partial charge < -0.3 is 0 Å². The molecule has 4 amide bonds. The Kier molecular flexibility index (Phi) is 1.92. The van der Waals surface area contributed by atoms with Crippen molar-refractivity contribution in [3.8, 4) is 0 Å². The Morgan fingerprint density at radius 3 is 2.53 bits per heavy atom. The first-order valence-electron chi connectivity index (χ1n) is 4.84. The van der Waals surface area contributed by atoms with Crippen LogP contribution in [-0.4, -0.2) is 28.8 Å². The van der Waals surface area contributed by atoms with Crippen LogP contribution in [0, 0.1) is 5.41 Å². The minimum absolute atomic E-state index is 0.386. The molecule has 80 valence electrons. The number of nitrogens with one attached hydrogen (secondary N) is 1. The van der Waals surface area contributed by atoms with E-state index in [1.165, 1.54) is 6.08 Å². The Balaban J connectivity index is 2.32. The second-order valence-corrected chi connectivity index (χ2v) is 3.99. The summed E-state index contributed by atoms with van der Waals surface area (Å²) in [4.78, 5) is 35.9. The molecule has 15 heavy (non-hydrogen) atoms. The standard InChI is InChI=1S/C10H12N2O3/c1-3-6(2)12-8(14)10(4-5-10)7(13)11-9(12)15/h3,6H,1,4-5H2,2H3,(H,11,13,15). The van der Waals surface area contributed by atoms with E-state index in [9.17, 15) is 14.4 Å². The van der Waals surface area contributed by atoms with Gasteiger partial charge >= 0.3 is 6.03 Å². The number of hydrogen-bond donors (Lipinski definition) is 1. The van der Waals surface area contributed by atoms with E-state index in [2.05, 4.69) is 11.9 Å². The SMILES string of the molecule is C=CC(C)N1C(=O)NC(=O)C2(CC2)C1=O. The molecule has 1 aliphatic heterocycles. The Hall–Kier alpha value is -1.65. The molecule has 1 atom stereocenters. The highest BCUT2D eigenvalue weighted by molar-refractivity contribution is 6.21. The van der Waals surface area contributed by atoms with Gasteiger partial charge in [0.25, 0.3) is 0 Å². The number of carbonyl (C=O) groups is 3. The molecule has 1 unspecified atom stereocenters. The fourth-order valence-electron chi connectivity index (χ4n) is 1.74. The zero-order chi connectivity index (χ0) is 11.2. The van der Waals surface area contributed by atoms with Crippen molar-refractivity contribution in [2.45, 2.75) is 25.8 Å². The maximum atomic E-state index is 11.9. The minimum atomic E-state index is -0.953. The summed E-state index contributed by atoms with van der Waals surface area (Å²) < 4.78 is 0. The number of carbonyl (C=O) groups excluding carboxylic acids is 3. The van der Waals surface area contributed by atoms with Crippen LogP contribution in [0.5, 0.6) is 0 Å². The maximum absolute atomic E-state index is 11.9. The first-order chi connectivity index (χ1) is 7.03. The number of imide groups is 2. The molecular weight excluding hydrogens is 196 g/mol. The van der Waals surface area contributed by atoms with Crippen molar-refractivity contribution < 1.29 is 14.4 Å². The van der Waals surface area contributed by atoms with Crippen molar-refractivity contribution in [3.63, 3.8) is 0 Å². The van der Waals surface area contributed by atoms with Crippen LogP contribution < -0.4 is 5.32 Å². The topological polar surface area (TPSA) is 66.5 Å². The predicted octanol–water partition coefficient (Wildman–Crippen LogP) is 0.419. The summed E-state index contributed by atoms with van der Waals surface area (Å²) in [6.45, 7) is 5.22. The smallest absolute Gasteiger partial charge is 0.277 e. The zero-order valence-electron chi connectivity index (χ0n) is 8.45. The third kappa shape index (κ3) is 1.19. The van der Waals surface area contributed by atoms with Crippen molar-refractivity contribution in [1.82, 2.24) is 10.2 Å². The van der Waals surface area contributed by atoms with Gasteiger partial charge in [-0.25, -0.2) is 4.79 Å². The number of urea groups is 1. The monoisotopic (exact) mass is 208 g/mol. The molecule has 0 bridgehead atoms. The summed E-state index contributed by atoms with van der Waals surface area (Å²) in [6.07, 6.45) is 2.57. The molecule has 1 heterocycles. The molecule has 2 fully saturated rings. The van der Waals surface area contributed by atoms with Crippen LogP contribution in [0.15, 0.2) is 12.7 Å². The van der Waals surface area contributed by atoms with Gasteiger partial charge in [-0.15, -0.1) is 6.58 Å². The van der Waals surface area contributed by atoms with Crippen LogP contribution in [0.2, 0.25) is 0 Å². The third-order valence-electron chi connectivity index (χ3n) is 3.00. The maximum Gasteiger partial charge on any atom is 0.331 e. The van der Waals surface area contributed by atoms with Gasteiger partial charge in [0, 0.05) is 0 Å². The summed E-state index contributed by atoms with van der Waals surface area (Å²) in [7, 11) is 0. The molecule has 0 radical (unpaired) electrons. The summed E-state index contributed by atoms with van der Waals surface area (Å²) >= 11 is 0. The average Bonchev–Trinajstić information content (AvgIpc) is 2.96. The van der Waals surface area contributed by atoms with Crippen molar-refractivity contribution in [2.75, 3.05) is 0 Å². The largest absolute Gasteiger partial charge is 0.331 e. The molecule has 5 nitrogen and oxygen atoms in total. The Bertz CT molecular complexity index is 371. The van der Waals surface area contributed by atoms with Crippen LogP contribution in [0.25, 0.3) is 0 Å². The summed E-state index contributed by atoms with van der Waals surface area (Å²) in [5.41, 5.74) is -0.953. The molecule has 5 heteroatoms. The number of nitrogens with zero attached hydrogens (tertiary/aromatic N) is 1. The highest BCUT2D eigenvalue weighted by Crippen LogP contribution is 2.49. The van der Waals surface area contributed by atoms with Crippen LogP contribution in [0.3, 0.4) is 0 Å². The van der Waals surface area contributed by atoms with Crippen LogP contribution in [-0.2, 0) is 9.59 Å². The van der Waals surface area contributed by atoms with Gasteiger partial charge in [0.15, 0.2) is 0 Å². The van der Waals surface area contributed by atoms with E-state index in [-0.39, 0.29) is 11.9 Å². The molecular formula is C10H12N2O3. The van der Waals surface area contributed by atoms with Crippen molar-refractivity contribution >= 4 is 17.8 Å². The molecule has 1 saturated carbocycles. The second-order valence-electron chi connectivity index (χ2n) is 3.99. The predicted molar refractivity (Wildman–Crippen MR) is 51.7 cm³/mol. The van der Waals surface area contributed by atoms with E-state index in [0.29, 0.717) is 12.8 Å². The second kappa shape index (κ2) is 2.92. The van der Waals surface area contributed by atoms with E-state index in [0.717, 1.165) is 4.90 Å². The van der Waals surface area contributed by atoms with E-state index >= 15 is 0 Å². The van der Waals surface area contributed by atoms with Gasteiger partial charge in [-0.3, -0.25) is 19.8 Å². The van der Waals surface area contributed by atoms with Gasteiger partial charge in [-0.05, 0) is 19.8 Å². The number of rotatable bonds is 2. The summed E-state index contributed by atoms with van der Waals surface area (Å²) in [6, 6.07) is -1.03. The fraction of sp³-hybridized carbons (Fsp3) is 0.500. The highest BCUT2D eigenvalue weighted by atomic mass is 16.2. The van der Waals surface area contributed by atoms with Gasteiger partial charge in [-0.2, -0.15) is 0 Å². The van der Waals surface area contributed by atoms with Crippen molar-refractivity contribution in [3.05, 3.63) is 12.7 Å². The van der Waals surface area contributed by atoms with Crippen LogP contribution in [0.4, 0.5) is 4.79 Å². The Morgan fingerprint density at radius 1 is 1.47 bits per heavy atom. The van der Waals surface area contributed by atoms with Gasteiger partial charge in [0.05, 0.1) is 6.04 Å². The van der Waals surface area contributed by atoms with E-state index in [4.69, 9.17) is 0 Å². The molecule has 1 N–H and O–H groups in total. The van der Waals surface area contributed by atoms with Crippen LogP contribution in [0.1, 0.15) is 19.8 Å². The van der Waals surface area contributed by atoms with Gasteiger partial charge in [0.1, 0.15) is 5.41 Å². The number of amides is 4.